The van der Waals surface area contributed by atoms with Gasteiger partial charge in [-0.15, -0.1) is 0 Å². The van der Waals surface area contributed by atoms with Crippen molar-refractivity contribution in [3.05, 3.63) is 35.9 Å². The van der Waals surface area contributed by atoms with Crippen LogP contribution in [-0.4, -0.2) is 53.9 Å². The van der Waals surface area contributed by atoms with Crippen molar-refractivity contribution in [3.63, 3.8) is 0 Å². The number of benzene rings is 1. The predicted octanol–water partition coefficient (Wildman–Crippen LogP) is 2.84. The molecule has 27 heavy (non-hydrogen) atoms. The Morgan fingerprint density at radius 2 is 1.52 bits per heavy atom. The Bertz CT molecular complexity index is 651. The minimum Gasteiger partial charge on any atom is -0.372 e. The number of hydrogen-bond donors (Lipinski definition) is 0. The minimum absolute atomic E-state index is 0.0705. The molecule has 2 heterocycles. The largest absolute Gasteiger partial charge is 0.372 e. The summed E-state index contributed by atoms with van der Waals surface area (Å²) in [6.07, 6.45) is 5.87. The number of carbonyl (C=O) groups is 2. The van der Waals surface area contributed by atoms with Gasteiger partial charge in [-0.2, -0.15) is 0 Å². The highest BCUT2D eigenvalue weighted by Crippen LogP contribution is 2.33. The third-order valence-electron chi connectivity index (χ3n) is 6.10. The van der Waals surface area contributed by atoms with Gasteiger partial charge in [0.1, 0.15) is 0 Å². The average Bonchev–Trinajstić information content (AvgIpc) is 3.58. The van der Waals surface area contributed by atoms with E-state index < -0.39 is 0 Å². The summed E-state index contributed by atoms with van der Waals surface area (Å²) in [6.45, 7) is 3.63. The summed E-state index contributed by atoms with van der Waals surface area (Å²) in [5.74, 6) is 0.928. The summed E-state index contributed by atoms with van der Waals surface area (Å²) in [5.41, 5.74) is 1.17. The first-order valence-corrected chi connectivity index (χ1v) is 10.4. The third-order valence-corrected chi connectivity index (χ3v) is 6.10. The van der Waals surface area contributed by atoms with Crippen molar-refractivity contribution in [2.45, 2.75) is 51.2 Å². The maximum absolute atomic E-state index is 13.0. The highest BCUT2D eigenvalue weighted by atomic mass is 16.5. The molecule has 1 atom stereocenters. The number of carbonyl (C=O) groups excluding carboxylic acids is 2. The quantitative estimate of drug-likeness (QED) is 0.801. The molecule has 1 aromatic rings. The Kier molecular flexibility index (Phi) is 5.77. The Labute approximate surface area is 161 Å². The molecule has 2 saturated heterocycles. The Morgan fingerprint density at radius 3 is 2.22 bits per heavy atom. The van der Waals surface area contributed by atoms with Gasteiger partial charge >= 0.3 is 0 Å². The van der Waals surface area contributed by atoms with Crippen molar-refractivity contribution < 1.29 is 14.3 Å². The van der Waals surface area contributed by atoms with Crippen LogP contribution in [0.4, 0.5) is 0 Å². The second-order valence-electron chi connectivity index (χ2n) is 8.22. The van der Waals surface area contributed by atoms with Gasteiger partial charge in [0.05, 0.1) is 12.7 Å². The zero-order chi connectivity index (χ0) is 18.6. The topological polar surface area (TPSA) is 49.9 Å². The van der Waals surface area contributed by atoms with Crippen LogP contribution in [0.25, 0.3) is 0 Å². The van der Waals surface area contributed by atoms with Crippen LogP contribution in [0.5, 0.6) is 0 Å². The molecule has 0 radical (unpaired) electrons. The lowest BCUT2D eigenvalue weighted by molar-refractivity contribution is -0.144. The average molecular weight is 370 g/mol. The molecular formula is C22H30N2O3. The highest BCUT2D eigenvalue weighted by Gasteiger charge is 2.37. The molecule has 3 fully saturated rings. The summed E-state index contributed by atoms with van der Waals surface area (Å²) in [5, 5.41) is 0. The number of hydrogen-bond acceptors (Lipinski definition) is 3. The molecule has 5 heteroatoms. The fourth-order valence-corrected chi connectivity index (χ4v) is 4.26. The Morgan fingerprint density at radius 1 is 0.852 bits per heavy atom. The van der Waals surface area contributed by atoms with Gasteiger partial charge in [-0.25, -0.2) is 0 Å². The Hall–Kier alpha value is -1.88. The summed E-state index contributed by atoms with van der Waals surface area (Å²) < 4.78 is 6.07. The van der Waals surface area contributed by atoms with Gasteiger partial charge in [0.25, 0.3) is 0 Å². The zero-order valence-electron chi connectivity index (χ0n) is 16.0. The lowest BCUT2D eigenvalue weighted by Gasteiger charge is -2.37. The smallest absolute Gasteiger partial charge is 0.225 e. The van der Waals surface area contributed by atoms with Crippen molar-refractivity contribution in [2.75, 3.05) is 26.2 Å². The maximum Gasteiger partial charge on any atom is 0.225 e. The molecule has 4 rings (SSSR count). The first-order valence-electron chi connectivity index (χ1n) is 10.4. The molecule has 5 nitrogen and oxygen atoms in total. The van der Waals surface area contributed by atoms with E-state index in [1.807, 2.05) is 28.0 Å². The summed E-state index contributed by atoms with van der Waals surface area (Å²) in [6, 6.07) is 10.2. The van der Waals surface area contributed by atoms with Crippen LogP contribution in [0.15, 0.2) is 30.3 Å². The molecule has 146 valence electrons. The third kappa shape index (κ3) is 4.70. The molecule has 1 unspecified atom stereocenters. The standard InChI is InChI=1S/C22H30N2O3/c25-21(18-8-9-18)23-13-10-19(11-14-23)22(26)24-12-4-7-20(15-24)27-16-17-5-2-1-3-6-17/h1-3,5-6,18-20H,4,7-16H2. The lowest BCUT2D eigenvalue weighted by Crippen LogP contribution is -2.48. The second kappa shape index (κ2) is 8.42. The summed E-state index contributed by atoms with van der Waals surface area (Å²) in [7, 11) is 0. The monoisotopic (exact) mass is 370 g/mol. The number of amides is 2. The van der Waals surface area contributed by atoms with Crippen molar-refractivity contribution >= 4 is 11.8 Å². The van der Waals surface area contributed by atoms with Crippen LogP contribution in [-0.2, 0) is 20.9 Å². The highest BCUT2D eigenvalue weighted by molar-refractivity contribution is 5.82. The molecule has 2 amide bonds. The van der Waals surface area contributed by atoms with E-state index in [0.29, 0.717) is 19.1 Å². The minimum atomic E-state index is 0.0705. The van der Waals surface area contributed by atoms with Gasteiger partial charge in [0, 0.05) is 38.0 Å². The van der Waals surface area contributed by atoms with E-state index in [0.717, 1.165) is 58.2 Å². The van der Waals surface area contributed by atoms with Crippen LogP contribution >= 0.6 is 0 Å². The molecule has 1 saturated carbocycles. The van der Waals surface area contributed by atoms with Crippen LogP contribution in [0.3, 0.4) is 0 Å². The molecule has 1 aliphatic carbocycles. The number of piperidine rings is 2. The van der Waals surface area contributed by atoms with E-state index in [9.17, 15) is 9.59 Å². The van der Waals surface area contributed by atoms with Crippen LogP contribution in [0.1, 0.15) is 44.1 Å². The van der Waals surface area contributed by atoms with Gasteiger partial charge in [0.2, 0.25) is 11.8 Å². The van der Waals surface area contributed by atoms with Crippen molar-refractivity contribution in [1.82, 2.24) is 9.80 Å². The first kappa shape index (κ1) is 18.5. The van der Waals surface area contributed by atoms with Crippen LogP contribution in [0.2, 0.25) is 0 Å². The van der Waals surface area contributed by atoms with Crippen molar-refractivity contribution in [3.8, 4) is 0 Å². The molecule has 0 aromatic heterocycles. The maximum atomic E-state index is 13.0. The van der Waals surface area contributed by atoms with Crippen molar-refractivity contribution in [1.29, 1.82) is 0 Å². The van der Waals surface area contributed by atoms with Gasteiger partial charge in [-0.05, 0) is 44.1 Å². The Balaban J connectivity index is 1.24. The summed E-state index contributed by atoms with van der Waals surface area (Å²) in [4.78, 5) is 29.1. The fourth-order valence-electron chi connectivity index (χ4n) is 4.26. The van der Waals surface area contributed by atoms with E-state index in [1.54, 1.807) is 0 Å². The van der Waals surface area contributed by atoms with Crippen LogP contribution < -0.4 is 0 Å². The van der Waals surface area contributed by atoms with Gasteiger partial charge in [-0.3, -0.25) is 9.59 Å². The molecule has 1 aromatic carbocycles. The van der Waals surface area contributed by atoms with Crippen molar-refractivity contribution in [2.24, 2.45) is 11.8 Å². The van der Waals surface area contributed by atoms with E-state index in [-0.39, 0.29) is 23.8 Å². The van der Waals surface area contributed by atoms with E-state index in [2.05, 4.69) is 12.1 Å². The van der Waals surface area contributed by atoms with Gasteiger partial charge in [0.15, 0.2) is 0 Å². The molecule has 3 aliphatic rings. The first-order chi connectivity index (χ1) is 13.2. The molecule has 2 aliphatic heterocycles. The van der Waals surface area contributed by atoms with Gasteiger partial charge < -0.3 is 14.5 Å². The number of rotatable bonds is 5. The number of ether oxygens (including phenoxy) is 1. The summed E-state index contributed by atoms with van der Waals surface area (Å²) >= 11 is 0. The SMILES string of the molecule is O=C(C1CC1)N1CCC(C(=O)N2CCCC(OCc3ccccc3)C2)CC1. The fraction of sp³-hybridized carbons (Fsp3) is 0.636. The normalized spacial score (nSPS) is 24.1. The van der Waals surface area contributed by atoms with Gasteiger partial charge in [-0.1, -0.05) is 30.3 Å². The molecule has 0 N–H and O–H groups in total. The molecular weight excluding hydrogens is 340 g/mol. The predicted molar refractivity (Wildman–Crippen MR) is 103 cm³/mol. The molecule has 0 spiro atoms. The van der Waals surface area contributed by atoms with E-state index in [1.165, 1.54) is 5.56 Å². The molecule has 0 bridgehead atoms. The number of likely N-dealkylation sites (tertiary alicyclic amines) is 2. The van der Waals surface area contributed by atoms with Crippen LogP contribution in [0, 0.1) is 11.8 Å². The zero-order valence-corrected chi connectivity index (χ0v) is 16.0. The van der Waals surface area contributed by atoms with E-state index >= 15 is 0 Å². The second-order valence-corrected chi connectivity index (χ2v) is 8.22. The van der Waals surface area contributed by atoms with E-state index in [4.69, 9.17) is 4.74 Å². The lowest BCUT2D eigenvalue weighted by atomic mass is 9.94. The number of nitrogens with zero attached hydrogens (tertiary/aromatic N) is 2.